The third-order valence-corrected chi connectivity index (χ3v) is 9.67. The molecule has 220 valence electrons. The van der Waals surface area contributed by atoms with Crippen molar-refractivity contribution in [2.75, 3.05) is 41.0 Å². The van der Waals surface area contributed by atoms with Crippen LogP contribution in [0, 0.1) is 5.41 Å². The van der Waals surface area contributed by atoms with Gasteiger partial charge in [0, 0.05) is 49.6 Å². The van der Waals surface area contributed by atoms with E-state index in [0.717, 1.165) is 5.56 Å². The molecule has 0 spiro atoms. The number of hydrogen-bond acceptors (Lipinski definition) is 6. The minimum atomic E-state index is -4.05. The molecule has 0 aromatic heterocycles. The summed E-state index contributed by atoms with van der Waals surface area (Å²) in [6.45, 7) is 0.954. The lowest BCUT2D eigenvalue weighted by atomic mass is 9.78. The highest BCUT2D eigenvalue weighted by Crippen LogP contribution is 2.41. The maximum Gasteiger partial charge on any atom is 0.246 e. The molecule has 0 radical (unpaired) electrons. The predicted octanol–water partition coefficient (Wildman–Crippen LogP) is 5.91. The summed E-state index contributed by atoms with van der Waals surface area (Å²) in [6.07, 6.45) is 1.26. The van der Waals surface area contributed by atoms with Crippen molar-refractivity contribution in [3.05, 3.63) is 82.3 Å². The van der Waals surface area contributed by atoms with Crippen LogP contribution in [0.4, 0.5) is 0 Å². The third kappa shape index (κ3) is 7.46. The third-order valence-electron chi connectivity index (χ3n) is 7.26. The first-order valence-corrected chi connectivity index (χ1v) is 15.3. The summed E-state index contributed by atoms with van der Waals surface area (Å²) in [5.74, 6) is 0.915. The quantitative estimate of drug-likeness (QED) is 0.265. The zero-order chi connectivity index (χ0) is 29.6. The number of nitrogens with zero attached hydrogens (tertiary/aromatic N) is 2. The summed E-state index contributed by atoms with van der Waals surface area (Å²) in [7, 11) is 0.546. The van der Waals surface area contributed by atoms with Crippen LogP contribution in [-0.2, 0) is 21.4 Å². The Kier molecular flexibility index (Phi) is 10.1. The molecule has 1 aliphatic heterocycles. The van der Waals surface area contributed by atoms with Crippen molar-refractivity contribution < 1.29 is 27.4 Å². The Bertz CT molecular complexity index is 1450. The van der Waals surface area contributed by atoms with E-state index in [1.807, 2.05) is 30.3 Å². The van der Waals surface area contributed by atoms with Gasteiger partial charge in [0.15, 0.2) is 0 Å². The number of methoxy groups -OCH3 is 2. The first kappa shape index (κ1) is 31.0. The number of piperidine rings is 1. The van der Waals surface area contributed by atoms with Gasteiger partial charge in [0.25, 0.3) is 0 Å². The van der Waals surface area contributed by atoms with Crippen LogP contribution >= 0.6 is 23.2 Å². The van der Waals surface area contributed by atoms with Gasteiger partial charge in [-0.1, -0.05) is 53.5 Å². The molecule has 11 heteroatoms. The van der Waals surface area contributed by atoms with Crippen LogP contribution in [0.5, 0.6) is 17.2 Å². The average molecular weight is 622 g/mol. The smallest absolute Gasteiger partial charge is 0.246 e. The number of hydrogen-bond donors (Lipinski definition) is 0. The van der Waals surface area contributed by atoms with Crippen molar-refractivity contribution in [2.45, 2.75) is 30.7 Å². The van der Waals surface area contributed by atoms with Crippen LogP contribution in [0.3, 0.4) is 0 Å². The summed E-state index contributed by atoms with van der Waals surface area (Å²) in [5.41, 5.74) is 0.224. The minimum absolute atomic E-state index is 0.0623. The Labute approximate surface area is 251 Å². The number of ether oxygens (including phenoxy) is 3. The fraction of sp³-hybridized carbons (Fsp3) is 0.367. The fourth-order valence-corrected chi connectivity index (χ4v) is 7.21. The van der Waals surface area contributed by atoms with E-state index in [-0.39, 0.29) is 47.7 Å². The molecule has 3 aromatic rings. The van der Waals surface area contributed by atoms with Crippen LogP contribution in [0.15, 0.2) is 71.6 Å². The van der Waals surface area contributed by atoms with Gasteiger partial charge in [0.1, 0.15) is 22.1 Å². The molecule has 1 aliphatic rings. The Balaban J connectivity index is 1.63. The summed E-state index contributed by atoms with van der Waals surface area (Å²) in [6, 6.07) is 19.5. The van der Waals surface area contributed by atoms with E-state index in [1.54, 1.807) is 36.2 Å². The molecule has 8 nitrogen and oxygen atoms in total. The highest BCUT2D eigenvalue weighted by atomic mass is 35.5. The maximum absolute atomic E-state index is 14.0. The summed E-state index contributed by atoms with van der Waals surface area (Å²) >= 11 is 12.3. The van der Waals surface area contributed by atoms with Gasteiger partial charge in [-0.2, -0.15) is 4.31 Å². The van der Waals surface area contributed by atoms with Crippen LogP contribution in [0.2, 0.25) is 10.0 Å². The van der Waals surface area contributed by atoms with E-state index in [4.69, 9.17) is 37.4 Å². The Morgan fingerprint density at radius 1 is 1.00 bits per heavy atom. The van der Waals surface area contributed by atoms with Gasteiger partial charge < -0.3 is 19.1 Å². The van der Waals surface area contributed by atoms with Crippen LogP contribution < -0.4 is 14.2 Å². The normalized spacial score (nSPS) is 17.6. The van der Waals surface area contributed by atoms with E-state index >= 15 is 0 Å². The highest BCUT2D eigenvalue weighted by Gasteiger charge is 2.43. The monoisotopic (exact) mass is 620 g/mol. The van der Waals surface area contributed by atoms with Crippen molar-refractivity contribution in [3.63, 3.8) is 0 Å². The molecule has 1 amide bonds. The molecule has 0 N–H and O–H groups in total. The van der Waals surface area contributed by atoms with Gasteiger partial charge in [-0.25, -0.2) is 8.42 Å². The number of carbonyl (C=O) groups excluding carboxylic acids is 1. The molecule has 0 bridgehead atoms. The SMILES string of the molecule is COc1cc(OC)c(S(=O)(=O)N2CCCC(COc3ccc(Cl)cc3)(CC(=O)N(C)Cc3ccccc3)C2)cc1Cl. The lowest BCUT2D eigenvalue weighted by Gasteiger charge is -2.42. The molecule has 4 rings (SSSR count). The van der Waals surface area contributed by atoms with E-state index in [1.165, 1.54) is 30.7 Å². The van der Waals surface area contributed by atoms with Crippen molar-refractivity contribution in [1.29, 1.82) is 0 Å². The minimum Gasteiger partial charge on any atom is -0.495 e. The standard InChI is InChI=1S/C30H34Cl2N2O6S/c1-33(19-22-8-5-4-6-9-22)29(35)18-30(21-40-24-12-10-23(31)11-13-24)14-7-15-34(20-30)41(36,37)28-16-25(32)26(38-2)17-27(28)39-3/h4-6,8-13,16-17H,7,14-15,18-21H2,1-3H3. The maximum atomic E-state index is 14.0. The van der Waals surface area contributed by atoms with Crippen molar-refractivity contribution in [3.8, 4) is 17.2 Å². The second-order valence-corrected chi connectivity index (χ2v) is 13.0. The highest BCUT2D eigenvalue weighted by molar-refractivity contribution is 7.89. The number of rotatable bonds is 11. The van der Waals surface area contributed by atoms with Crippen molar-refractivity contribution in [1.82, 2.24) is 9.21 Å². The van der Waals surface area contributed by atoms with E-state index in [2.05, 4.69) is 0 Å². The van der Waals surface area contributed by atoms with Gasteiger partial charge in [-0.15, -0.1) is 0 Å². The number of amides is 1. The number of carbonyl (C=O) groups is 1. The number of benzene rings is 3. The molecule has 1 atom stereocenters. The molecular formula is C30H34Cl2N2O6S. The zero-order valence-corrected chi connectivity index (χ0v) is 25.6. The van der Waals surface area contributed by atoms with Crippen LogP contribution in [0.25, 0.3) is 0 Å². The average Bonchev–Trinajstić information content (AvgIpc) is 2.97. The van der Waals surface area contributed by atoms with Crippen molar-refractivity contribution >= 4 is 39.1 Å². The number of sulfonamides is 1. The Morgan fingerprint density at radius 3 is 2.34 bits per heavy atom. The van der Waals surface area contributed by atoms with E-state index in [9.17, 15) is 13.2 Å². The van der Waals surface area contributed by atoms with Crippen molar-refractivity contribution in [2.24, 2.45) is 5.41 Å². The van der Waals surface area contributed by atoms with Gasteiger partial charge in [0.05, 0.1) is 25.8 Å². The Hall–Kier alpha value is -2.98. The molecule has 1 unspecified atom stereocenters. The first-order valence-electron chi connectivity index (χ1n) is 13.1. The van der Waals surface area contributed by atoms with Gasteiger partial charge in [-0.05, 0) is 48.7 Å². The lowest BCUT2D eigenvalue weighted by molar-refractivity contribution is -0.134. The molecule has 41 heavy (non-hydrogen) atoms. The van der Waals surface area contributed by atoms with Gasteiger partial charge >= 0.3 is 0 Å². The van der Waals surface area contributed by atoms with E-state index in [0.29, 0.717) is 35.9 Å². The van der Waals surface area contributed by atoms with Crippen LogP contribution in [0.1, 0.15) is 24.8 Å². The second-order valence-electron chi connectivity index (χ2n) is 10.2. The summed E-state index contributed by atoms with van der Waals surface area (Å²) in [4.78, 5) is 15.2. The Morgan fingerprint density at radius 2 is 1.68 bits per heavy atom. The molecule has 3 aromatic carbocycles. The van der Waals surface area contributed by atoms with Crippen LogP contribution in [-0.4, -0.2) is 64.5 Å². The first-order chi connectivity index (χ1) is 19.6. The summed E-state index contributed by atoms with van der Waals surface area (Å²) < 4.78 is 46.1. The molecule has 1 saturated heterocycles. The predicted molar refractivity (Wildman–Crippen MR) is 159 cm³/mol. The topological polar surface area (TPSA) is 85.4 Å². The largest absolute Gasteiger partial charge is 0.495 e. The second kappa shape index (κ2) is 13.3. The number of halogens is 2. The molecule has 1 heterocycles. The molecular weight excluding hydrogens is 587 g/mol. The zero-order valence-electron chi connectivity index (χ0n) is 23.3. The van der Waals surface area contributed by atoms with Gasteiger partial charge in [0.2, 0.25) is 15.9 Å². The van der Waals surface area contributed by atoms with Gasteiger partial charge in [-0.3, -0.25) is 4.79 Å². The fourth-order valence-electron chi connectivity index (χ4n) is 5.02. The molecule has 1 fully saturated rings. The lowest BCUT2D eigenvalue weighted by Crippen LogP contribution is -2.50. The van der Waals surface area contributed by atoms with E-state index < -0.39 is 15.4 Å². The summed E-state index contributed by atoms with van der Waals surface area (Å²) in [5, 5.41) is 0.728. The molecule has 0 aliphatic carbocycles. The molecule has 0 saturated carbocycles.